The van der Waals surface area contributed by atoms with Gasteiger partial charge < -0.3 is 14.6 Å². The summed E-state index contributed by atoms with van der Waals surface area (Å²) in [6, 6.07) is 58.5. The Bertz CT molecular complexity index is 3310. The Kier molecular flexibility index (Phi) is 11.3. The van der Waals surface area contributed by atoms with Gasteiger partial charge >= 0.3 is 0 Å². The van der Waals surface area contributed by atoms with Crippen LogP contribution < -0.4 is 14.6 Å². The fourth-order valence-corrected chi connectivity index (χ4v) is 7.55. The molecule has 0 bridgehead atoms. The normalized spacial score (nSPS) is 11.0. The van der Waals surface area contributed by atoms with E-state index in [1.54, 1.807) is 29.9 Å². The van der Waals surface area contributed by atoms with Crippen molar-refractivity contribution in [3.63, 3.8) is 0 Å². The average Bonchev–Trinajstić information content (AvgIpc) is 4.08. The van der Waals surface area contributed by atoms with Crippen molar-refractivity contribution in [2.24, 2.45) is 0 Å². The Morgan fingerprint density at radius 1 is 0.349 bits per heavy atom. The average molecular weight is 1000 g/mol. The molecule has 13 heteroatoms. The summed E-state index contributed by atoms with van der Waals surface area (Å²) in [5.41, 5.74) is 7.49. The molecule has 3 heterocycles. The van der Waals surface area contributed by atoms with Crippen molar-refractivity contribution in [2.75, 3.05) is 14.2 Å². The van der Waals surface area contributed by atoms with Crippen molar-refractivity contribution < 1.29 is 34.7 Å². The Morgan fingerprint density at radius 3 is 1.08 bits per heavy atom. The summed E-state index contributed by atoms with van der Waals surface area (Å²) in [7, 11) is 3.36. The van der Waals surface area contributed by atoms with Gasteiger partial charge in [-0.3, -0.25) is 0 Å². The number of nitrogens with zero attached hydrogens (tertiary/aromatic N) is 9. The summed E-state index contributed by atoms with van der Waals surface area (Å²) in [6.45, 7) is 0. The van der Waals surface area contributed by atoms with Crippen LogP contribution in [0.5, 0.6) is 17.2 Å². The second kappa shape index (κ2) is 17.5. The minimum atomic E-state index is -0.0796. The third-order valence-corrected chi connectivity index (χ3v) is 10.5. The summed E-state index contributed by atoms with van der Waals surface area (Å²) in [5, 5.41) is 45.3. The zero-order valence-electron chi connectivity index (χ0n) is 33.9. The minimum Gasteiger partial charge on any atom is -0.871 e. The number of ether oxygens (including phenoxy) is 2. The number of aromatic nitrogens is 9. The number of rotatable bonds is 5. The number of methoxy groups -OCH3 is 2. The first-order chi connectivity index (χ1) is 30.6. The van der Waals surface area contributed by atoms with E-state index < -0.39 is 0 Å². The molecule has 0 aliphatic carbocycles. The third kappa shape index (κ3) is 7.78. The number of hydrogen-bond donors (Lipinski definition) is 0. The molecule has 12 aromatic rings. The maximum atomic E-state index is 12.2. The molecule has 9 aromatic carbocycles. The van der Waals surface area contributed by atoms with E-state index in [4.69, 9.17) is 9.47 Å². The van der Waals surface area contributed by atoms with Gasteiger partial charge in [-0.15, -0.1) is 40.2 Å². The molecule has 0 aliphatic heterocycles. The molecule has 12 nitrogen and oxygen atoms in total. The van der Waals surface area contributed by atoms with Gasteiger partial charge in [-0.25, -0.2) is 0 Å². The van der Waals surface area contributed by atoms with Gasteiger partial charge in [-0.2, -0.15) is 4.80 Å². The SMILES string of the molecule is COc1ccc(-n2nc3ccccc3n2)c2ccccc12.COc1ccc(-n2nc3ccccc3n2)c2ccccc12.[Ir].[O-]c1ccc2ccccc2c1-n1nc2ccccc2n1. The van der Waals surface area contributed by atoms with E-state index in [0.717, 1.165) is 88.3 Å². The Labute approximate surface area is 373 Å². The molecule has 0 unspecified atom stereocenters. The van der Waals surface area contributed by atoms with Crippen molar-refractivity contribution in [1.82, 2.24) is 45.0 Å². The van der Waals surface area contributed by atoms with Crippen LogP contribution in [0.4, 0.5) is 0 Å². The predicted molar refractivity (Wildman–Crippen MR) is 242 cm³/mol. The van der Waals surface area contributed by atoms with Gasteiger partial charge in [0.15, 0.2) is 0 Å². The Balaban J connectivity index is 0.000000119. The second-order valence-corrected chi connectivity index (χ2v) is 14.2. The van der Waals surface area contributed by atoms with Crippen LogP contribution in [0.3, 0.4) is 0 Å². The summed E-state index contributed by atoms with van der Waals surface area (Å²) in [4.78, 5) is 4.81. The quantitative estimate of drug-likeness (QED) is 0.165. The van der Waals surface area contributed by atoms with Crippen LogP contribution in [-0.4, -0.2) is 59.2 Å². The summed E-state index contributed by atoms with van der Waals surface area (Å²) in [5.74, 6) is 1.63. The molecule has 63 heavy (non-hydrogen) atoms. The van der Waals surface area contributed by atoms with Crippen molar-refractivity contribution in [3.8, 4) is 34.3 Å². The second-order valence-electron chi connectivity index (χ2n) is 14.2. The predicted octanol–water partition coefficient (Wildman–Crippen LogP) is 9.81. The first-order valence-corrected chi connectivity index (χ1v) is 19.8. The van der Waals surface area contributed by atoms with E-state index in [1.165, 1.54) is 4.80 Å². The zero-order valence-corrected chi connectivity index (χ0v) is 36.3. The molecule has 0 fully saturated rings. The van der Waals surface area contributed by atoms with E-state index in [9.17, 15) is 5.11 Å². The fourth-order valence-electron chi connectivity index (χ4n) is 7.55. The third-order valence-electron chi connectivity index (χ3n) is 10.5. The van der Waals surface area contributed by atoms with Gasteiger partial charge in [0.2, 0.25) is 0 Å². The molecule has 309 valence electrons. The molecule has 12 rings (SSSR count). The van der Waals surface area contributed by atoms with E-state index in [-0.39, 0.29) is 25.9 Å². The minimum absolute atomic E-state index is 0. The summed E-state index contributed by atoms with van der Waals surface area (Å²) < 4.78 is 10.9. The maximum absolute atomic E-state index is 12.2. The van der Waals surface area contributed by atoms with Crippen LogP contribution in [0.2, 0.25) is 0 Å². The van der Waals surface area contributed by atoms with Crippen LogP contribution >= 0.6 is 0 Å². The van der Waals surface area contributed by atoms with Crippen molar-refractivity contribution in [3.05, 3.63) is 182 Å². The van der Waals surface area contributed by atoms with E-state index in [1.807, 2.05) is 164 Å². The largest absolute Gasteiger partial charge is 0.871 e. The summed E-state index contributed by atoms with van der Waals surface area (Å²) in [6.07, 6.45) is 0. The van der Waals surface area contributed by atoms with E-state index in [0.29, 0.717) is 5.69 Å². The maximum Gasteiger partial charge on any atom is 0.126 e. The van der Waals surface area contributed by atoms with Crippen LogP contribution in [0.25, 0.3) is 82.5 Å². The molecule has 0 amide bonds. The topological polar surface area (TPSA) is 134 Å². The number of benzene rings is 9. The van der Waals surface area contributed by atoms with Gasteiger partial charge in [0, 0.05) is 47.0 Å². The Hall–Kier alpha value is -7.99. The van der Waals surface area contributed by atoms with Crippen LogP contribution in [0.1, 0.15) is 0 Å². The van der Waals surface area contributed by atoms with Gasteiger partial charge in [0.05, 0.1) is 31.3 Å². The molecule has 0 atom stereocenters. The standard InChI is InChI=1S/2C17H13N3O.C16H11N3O.Ir/c2*1-21-17-11-10-16(12-6-2-3-7-13(12)17)20-18-14-8-4-5-9-15(14)19-20;20-15-10-9-11-5-1-2-6-12(11)16(15)19-17-13-7-3-4-8-14(13)18-19;/h2*2-11H,1H3;1-10,20H;/p-1. The first-order valence-electron chi connectivity index (χ1n) is 19.8. The van der Waals surface area contributed by atoms with E-state index in [2.05, 4.69) is 42.7 Å². The van der Waals surface area contributed by atoms with Gasteiger partial charge in [0.1, 0.15) is 44.6 Å². The first kappa shape index (κ1) is 40.4. The van der Waals surface area contributed by atoms with Crippen molar-refractivity contribution in [2.45, 2.75) is 0 Å². The van der Waals surface area contributed by atoms with Crippen LogP contribution in [-0.2, 0) is 20.1 Å². The molecule has 0 saturated carbocycles. The molecule has 0 spiro atoms. The van der Waals surface area contributed by atoms with E-state index >= 15 is 0 Å². The monoisotopic (exact) mass is 1000 g/mol. The smallest absolute Gasteiger partial charge is 0.126 e. The number of fused-ring (bicyclic) bond motifs is 6. The number of hydrogen-bond acceptors (Lipinski definition) is 9. The molecule has 1 radical (unpaired) electrons. The van der Waals surface area contributed by atoms with Crippen molar-refractivity contribution in [1.29, 1.82) is 0 Å². The fraction of sp³-hybridized carbons (Fsp3) is 0.0400. The molecule has 0 N–H and O–H groups in total. The van der Waals surface area contributed by atoms with Crippen LogP contribution in [0.15, 0.2) is 182 Å². The van der Waals surface area contributed by atoms with Crippen molar-refractivity contribution >= 4 is 65.4 Å². The molecular formula is C50H36IrN9O3-. The van der Waals surface area contributed by atoms with Crippen LogP contribution in [0, 0.1) is 0 Å². The molecule has 0 saturated heterocycles. The van der Waals surface area contributed by atoms with Gasteiger partial charge in [0.25, 0.3) is 0 Å². The van der Waals surface area contributed by atoms with Gasteiger partial charge in [-0.1, -0.05) is 127 Å². The summed E-state index contributed by atoms with van der Waals surface area (Å²) >= 11 is 0. The van der Waals surface area contributed by atoms with Gasteiger partial charge in [-0.05, 0) is 66.0 Å². The molecule has 0 aliphatic rings. The zero-order chi connectivity index (χ0) is 42.0. The Morgan fingerprint density at radius 2 is 0.683 bits per heavy atom. The molecule has 3 aromatic heterocycles. The molecular weight excluding hydrogens is 967 g/mol.